The fourth-order valence-corrected chi connectivity index (χ4v) is 0. The number of hydrogen-bond acceptors (Lipinski definition) is 0. The summed E-state index contributed by atoms with van der Waals surface area (Å²) in [7, 11) is 0. The number of hydrogen-bond donors (Lipinski definition) is 0. The van der Waals surface area contributed by atoms with Crippen LogP contribution in [0.15, 0.2) is 0 Å². The molecule has 0 aliphatic heterocycles. The van der Waals surface area contributed by atoms with Gasteiger partial charge in [-0.05, 0) is 0 Å². The first-order valence-corrected chi connectivity index (χ1v) is 4.00. The van der Waals surface area contributed by atoms with E-state index in [1.165, 1.54) is 0 Å². The van der Waals surface area contributed by atoms with Gasteiger partial charge in [0.25, 0.3) is 0 Å². The van der Waals surface area contributed by atoms with Gasteiger partial charge in [0, 0.05) is 0 Å². The number of halogens is 4. The Hall–Kier alpha value is 0.340. The van der Waals surface area contributed by atoms with Crippen molar-refractivity contribution in [3.63, 3.8) is 0 Å². The van der Waals surface area contributed by atoms with Crippen LogP contribution in [0.3, 0.4) is 0 Å². The van der Waals surface area contributed by atoms with Crippen molar-refractivity contribution in [1.29, 1.82) is 0 Å². The van der Waals surface area contributed by atoms with Gasteiger partial charge in [-0.25, -0.2) is 0 Å². The Bertz CT molecular complexity index is 26.8. The van der Waals surface area contributed by atoms with Crippen LogP contribution in [-0.2, 0) is 19.3 Å². The van der Waals surface area contributed by atoms with E-state index in [0.29, 0.717) is 0 Å². The zero-order valence-corrected chi connectivity index (χ0v) is 5.66. The minimum absolute atomic E-state index is 0. The maximum atomic E-state index is 9.89. The fourth-order valence-electron chi connectivity index (χ4n) is 0. The van der Waals surface area contributed by atoms with Gasteiger partial charge in [0.2, 0.25) is 0 Å². The molecule has 0 radical (unpaired) electrons. The molecular weight excluding hydrogens is 217 g/mol. The van der Waals surface area contributed by atoms with Crippen LogP contribution in [0.5, 0.6) is 0 Å². The molecule has 0 rings (SSSR count). The van der Waals surface area contributed by atoms with Crippen LogP contribution in [0.2, 0.25) is 0 Å². The average molecular weight is 223 g/mol. The third-order valence-electron chi connectivity index (χ3n) is 0. The van der Waals surface area contributed by atoms with Crippen molar-refractivity contribution in [2.45, 2.75) is 0 Å². The topological polar surface area (TPSA) is 94.5 Å². The summed E-state index contributed by atoms with van der Waals surface area (Å²) in [6.45, 7) is 0. The first-order valence-electron chi connectivity index (χ1n) is 0.676. The van der Waals surface area contributed by atoms with Gasteiger partial charge in [-0.1, -0.05) is 0 Å². The summed E-state index contributed by atoms with van der Waals surface area (Å²) in [5.41, 5.74) is 0. The molecule has 8 heavy (non-hydrogen) atoms. The van der Waals surface area contributed by atoms with Crippen LogP contribution in [0.1, 0.15) is 0 Å². The predicted molar refractivity (Wildman–Crippen MR) is 15.3 cm³/mol. The molecule has 57 valence electrons. The minimum atomic E-state index is -7.10. The number of rotatable bonds is 0. The summed E-state index contributed by atoms with van der Waals surface area (Å²) < 4.78 is 39.6. The van der Waals surface area contributed by atoms with Gasteiger partial charge in [-0.3, -0.25) is 0 Å². The summed E-state index contributed by atoms with van der Waals surface area (Å²) in [4.78, 5) is 0. The Morgan fingerprint density at radius 2 is 0.625 bits per heavy atom. The van der Waals surface area contributed by atoms with Crippen molar-refractivity contribution in [2.24, 2.45) is 0 Å². The van der Waals surface area contributed by atoms with Crippen LogP contribution in [-0.4, -0.2) is 16.4 Å². The Morgan fingerprint density at radius 1 is 0.625 bits per heavy atom. The van der Waals surface area contributed by atoms with Crippen LogP contribution >= 0.6 is 0 Å². The van der Waals surface area contributed by atoms with Crippen molar-refractivity contribution in [2.75, 3.05) is 0 Å². The molecule has 0 amide bonds. The monoisotopic (exact) mass is 223 g/mol. The Balaban J connectivity index is -0.0000000267. The Morgan fingerprint density at radius 3 is 0.625 bits per heavy atom. The third kappa shape index (κ3) is 1560. The second-order valence-electron chi connectivity index (χ2n) is 0.383. The SMILES string of the molecule is O.O.O.[F][Nb]([F])([F])[F]. The molecule has 3 nitrogen and oxygen atoms in total. The first kappa shape index (κ1) is 23.9. The van der Waals surface area contributed by atoms with Crippen molar-refractivity contribution < 1.29 is 47.8 Å². The van der Waals surface area contributed by atoms with Gasteiger partial charge in [0.1, 0.15) is 0 Å². The molecule has 0 aromatic heterocycles. The third-order valence-corrected chi connectivity index (χ3v) is 0. The van der Waals surface area contributed by atoms with E-state index in [-0.39, 0.29) is 16.4 Å². The first-order chi connectivity index (χ1) is 2.00. The van der Waals surface area contributed by atoms with Crippen LogP contribution in [0.25, 0.3) is 0 Å². The van der Waals surface area contributed by atoms with Crippen molar-refractivity contribution >= 4 is 0 Å². The van der Waals surface area contributed by atoms with Crippen LogP contribution < -0.4 is 0 Å². The molecule has 0 aromatic rings. The zero-order chi connectivity index (χ0) is 4.50. The summed E-state index contributed by atoms with van der Waals surface area (Å²) in [5, 5.41) is 0. The molecule has 0 bridgehead atoms. The van der Waals surface area contributed by atoms with Gasteiger partial charge in [0.15, 0.2) is 0 Å². The van der Waals surface area contributed by atoms with E-state index in [2.05, 4.69) is 0 Å². The van der Waals surface area contributed by atoms with Crippen molar-refractivity contribution in [3.8, 4) is 0 Å². The van der Waals surface area contributed by atoms with E-state index in [1.54, 1.807) is 0 Å². The molecule has 0 aliphatic rings. The molecule has 0 heterocycles. The predicted octanol–water partition coefficient (Wildman–Crippen LogP) is -0.796. The van der Waals surface area contributed by atoms with Gasteiger partial charge in [-0.15, -0.1) is 0 Å². The maximum absolute atomic E-state index is 9.89. The molecule has 8 heteroatoms. The average Bonchev–Trinajstić information content (AvgIpc) is 0.722. The van der Waals surface area contributed by atoms with E-state index in [9.17, 15) is 12.1 Å². The molecule has 0 fully saturated rings. The second-order valence-corrected chi connectivity index (χ2v) is 2.27. The van der Waals surface area contributed by atoms with Gasteiger partial charge >= 0.3 is 31.4 Å². The molecule has 0 saturated heterocycles. The van der Waals surface area contributed by atoms with E-state index in [4.69, 9.17) is 0 Å². The summed E-state index contributed by atoms with van der Waals surface area (Å²) in [5.74, 6) is 0. The molecule has 6 N–H and O–H groups in total. The van der Waals surface area contributed by atoms with Crippen LogP contribution in [0.4, 0.5) is 12.1 Å². The second kappa shape index (κ2) is 7.34. The fraction of sp³-hybridized carbons (Fsp3) is 0. The van der Waals surface area contributed by atoms with Crippen LogP contribution in [0, 0.1) is 0 Å². The van der Waals surface area contributed by atoms with Crippen molar-refractivity contribution in [1.82, 2.24) is 0 Å². The van der Waals surface area contributed by atoms with Gasteiger partial charge in [-0.2, -0.15) is 0 Å². The van der Waals surface area contributed by atoms with Crippen molar-refractivity contribution in [3.05, 3.63) is 0 Å². The molecule has 0 aliphatic carbocycles. The molecular formula is H6F4NbO3. The molecule has 0 saturated carbocycles. The zero-order valence-electron chi connectivity index (χ0n) is 3.46. The normalized spacial score (nSPS) is 7.50. The standard InChI is InChI=1S/4FH.Nb.3H2O/h4*1H;;3*1H2/q;;;;+4;;;/p-4. The molecule has 0 atom stereocenters. The molecule has 0 aromatic carbocycles. The summed E-state index contributed by atoms with van der Waals surface area (Å²) >= 11 is -7.10. The van der Waals surface area contributed by atoms with E-state index in [0.717, 1.165) is 0 Å². The Kier molecular flexibility index (Phi) is 21.9. The Labute approximate surface area is 48.6 Å². The summed E-state index contributed by atoms with van der Waals surface area (Å²) in [6, 6.07) is 0. The van der Waals surface area contributed by atoms with Gasteiger partial charge < -0.3 is 16.4 Å². The summed E-state index contributed by atoms with van der Waals surface area (Å²) in [6.07, 6.45) is 0. The van der Waals surface area contributed by atoms with E-state index >= 15 is 0 Å². The quantitative estimate of drug-likeness (QED) is 0.379. The van der Waals surface area contributed by atoms with Gasteiger partial charge in [0.05, 0.1) is 0 Å². The molecule has 0 unspecified atom stereocenters. The van der Waals surface area contributed by atoms with E-state index in [1.807, 2.05) is 0 Å². The van der Waals surface area contributed by atoms with E-state index < -0.39 is 19.3 Å². The molecule has 0 spiro atoms.